The van der Waals surface area contributed by atoms with Gasteiger partial charge in [-0.1, -0.05) is 6.07 Å². The van der Waals surface area contributed by atoms with Crippen molar-refractivity contribution in [3.05, 3.63) is 58.5 Å². The summed E-state index contributed by atoms with van der Waals surface area (Å²) in [4.78, 5) is 18.7. The van der Waals surface area contributed by atoms with Crippen molar-refractivity contribution in [3.63, 3.8) is 0 Å². The van der Waals surface area contributed by atoms with E-state index in [0.29, 0.717) is 23.9 Å². The first-order valence-electron chi connectivity index (χ1n) is 10.0. The number of rotatable bonds is 5. The van der Waals surface area contributed by atoms with Gasteiger partial charge in [-0.05, 0) is 37.0 Å². The molecule has 1 atom stereocenters. The van der Waals surface area contributed by atoms with Crippen LogP contribution in [-0.2, 0) is 20.2 Å². The van der Waals surface area contributed by atoms with E-state index >= 15 is 0 Å². The fourth-order valence-corrected chi connectivity index (χ4v) is 4.11. The molecule has 0 aliphatic carbocycles. The van der Waals surface area contributed by atoms with E-state index in [1.807, 2.05) is 6.07 Å². The van der Waals surface area contributed by atoms with Crippen LogP contribution in [0.1, 0.15) is 24.8 Å². The quantitative estimate of drug-likeness (QED) is 0.643. The van der Waals surface area contributed by atoms with Crippen LogP contribution in [-0.4, -0.2) is 31.9 Å². The monoisotopic (exact) mass is 411 g/mol. The van der Waals surface area contributed by atoms with Crippen molar-refractivity contribution in [1.29, 1.82) is 0 Å². The van der Waals surface area contributed by atoms with Crippen LogP contribution in [0.5, 0.6) is 17.4 Å². The van der Waals surface area contributed by atoms with Crippen LogP contribution in [0, 0.1) is 5.82 Å². The van der Waals surface area contributed by atoms with E-state index < -0.39 is 5.82 Å². The SMILES string of the molecule is Cn1cc(Oc2ccc(COc3cc4n(c(=O)n3)C[C@@H]3CCCCN43)cc2F)cn1. The number of piperidine rings is 1. The highest BCUT2D eigenvalue weighted by atomic mass is 19.1. The molecule has 4 heterocycles. The lowest BCUT2D eigenvalue weighted by molar-refractivity contribution is 0.290. The lowest BCUT2D eigenvalue weighted by Gasteiger charge is -2.30. The maximum absolute atomic E-state index is 14.4. The van der Waals surface area contributed by atoms with Gasteiger partial charge in [0.25, 0.3) is 0 Å². The van der Waals surface area contributed by atoms with Gasteiger partial charge in [-0.15, -0.1) is 0 Å². The molecular formula is C21H22FN5O3. The Balaban J connectivity index is 1.29. The highest BCUT2D eigenvalue weighted by molar-refractivity contribution is 5.47. The predicted octanol–water partition coefficient (Wildman–Crippen LogP) is 2.86. The molecule has 0 radical (unpaired) electrons. The average molecular weight is 411 g/mol. The summed E-state index contributed by atoms with van der Waals surface area (Å²) in [6.07, 6.45) is 6.57. The van der Waals surface area contributed by atoms with Crippen LogP contribution in [0.25, 0.3) is 0 Å². The largest absolute Gasteiger partial charge is 0.473 e. The Kier molecular flexibility index (Phi) is 4.65. The van der Waals surface area contributed by atoms with Crippen molar-refractivity contribution in [2.24, 2.45) is 7.05 Å². The van der Waals surface area contributed by atoms with Crippen molar-refractivity contribution >= 4 is 5.82 Å². The molecule has 2 aliphatic rings. The van der Waals surface area contributed by atoms with E-state index in [1.165, 1.54) is 18.7 Å². The first-order valence-corrected chi connectivity index (χ1v) is 10.0. The fourth-order valence-electron chi connectivity index (χ4n) is 4.11. The van der Waals surface area contributed by atoms with Crippen LogP contribution in [0.15, 0.2) is 41.5 Å². The predicted molar refractivity (Wildman–Crippen MR) is 107 cm³/mol. The van der Waals surface area contributed by atoms with Gasteiger partial charge in [0.1, 0.15) is 12.4 Å². The van der Waals surface area contributed by atoms with Gasteiger partial charge in [-0.2, -0.15) is 10.1 Å². The molecular weight excluding hydrogens is 389 g/mol. The Bertz CT molecular complexity index is 1140. The summed E-state index contributed by atoms with van der Waals surface area (Å²) in [5, 5.41) is 3.99. The van der Waals surface area contributed by atoms with Crippen molar-refractivity contribution in [1.82, 2.24) is 19.3 Å². The van der Waals surface area contributed by atoms with E-state index in [-0.39, 0.29) is 23.9 Å². The van der Waals surface area contributed by atoms with E-state index in [4.69, 9.17) is 9.47 Å². The minimum atomic E-state index is -0.502. The number of hydrogen-bond acceptors (Lipinski definition) is 6. The van der Waals surface area contributed by atoms with Crippen LogP contribution >= 0.6 is 0 Å². The van der Waals surface area contributed by atoms with Crippen molar-refractivity contribution in [2.45, 2.75) is 38.5 Å². The number of anilines is 1. The van der Waals surface area contributed by atoms with Crippen molar-refractivity contribution < 1.29 is 13.9 Å². The second-order valence-electron chi connectivity index (χ2n) is 7.69. The molecule has 0 bridgehead atoms. The normalized spacial score (nSPS) is 17.5. The fraction of sp³-hybridized carbons (Fsp3) is 0.381. The number of hydrogen-bond donors (Lipinski definition) is 0. The molecule has 3 aromatic rings. The molecule has 9 heteroatoms. The molecule has 5 rings (SSSR count). The van der Waals surface area contributed by atoms with Gasteiger partial charge in [-0.25, -0.2) is 9.18 Å². The smallest absolute Gasteiger partial charge is 0.352 e. The molecule has 30 heavy (non-hydrogen) atoms. The molecule has 1 fully saturated rings. The molecule has 2 aromatic heterocycles. The lowest BCUT2D eigenvalue weighted by atomic mass is 10.0. The Hall–Kier alpha value is -3.36. The molecule has 0 N–H and O–H groups in total. The Morgan fingerprint density at radius 1 is 1.27 bits per heavy atom. The van der Waals surface area contributed by atoms with E-state index in [9.17, 15) is 9.18 Å². The highest BCUT2D eigenvalue weighted by Gasteiger charge is 2.32. The summed E-state index contributed by atoms with van der Waals surface area (Å²) >= 11 is 0. The zero-order valence-electron chi connectivity index (χ0n) is 16.6. The maximum Gasteiger partial charge on any atom is 0.352 e. The van der Waals surface area contributed by atoms with Crippen LogP contribution in [0.2, 0.25) is 0 Å². The first-order chi connectivity index (χ1) is 14.6. The molecule has 156 valence electrons. The topological polar surface area (TPSA) is 74.4 Å². The summed E-state index contributed by atoms with van der Waals surface area (Å²) in [6.45, 7) is 1.73. The van der Waals surface area contributed by atoms with Gasteiger partial charge in [0.05, 0.1) is 12.4 Å². The Morgan fingerprint density at radius 3 is 2.97 bits per heavy atom. The summed E-state index contributed by atoms with van der Waals surface area (Å²) in [5.41, 5.74) is 0.313. The van der Waals surface area contributed by atoms with E-state index in [1.54, 1.807) is 34.6 Å². The first kappa shape index (κ1) is 18.7. The van der Waals surface area contributed by atoms with Crippen LogP contribution in [0.4, 0.5) is 10.2 Å². The summed E-state index contributed by atoms with van der Waals surface area (Å²) in [7, 11) is 1.76. The molecule has 8 nitrogen and oxygen atoms in total. The maximum atomic E-state index is 14.4. The van der Waals surface area contributed by atoms with Crippen LogP contribution in [0.3, 0.4) is 0 Å². The van der Waals surface area contributed by atoms with E-state index in [0.717, 1.165) is 25.2 Å². The second-order valence-corrected chi connectivity index (χ2v) is 7.69. The lowest BCUT2D eigenvalue weighted by Crippen LogP contribution is -2.36. The molecule has 2 aliphatic heterocycles. The van der Waals surface area contributed by atoms with Gasteiger partial charge in [0.2, 0.25) is 5.88 Å². The van der Waals surface area contributed by atoms with E-state index in [2.05, 4.69) is 15.0 Å². The van der Waals surface area contributed by atoms with Gasteiger partial charge in [-0.3, -0.25) is 9.25 Å². The zero-order chi connectivity index (χ0) is 20.7. The summed E-state index contributed by atoms with van der Waals surface area (Å²) in [6, 6.07) is 6.79. The average Bonchev–Trinajstić information content (AvgIpc) is 3.32. The van der Waals surface area contributed by atoms with Crippen LogP contribution < -0.4 is 20.1 Å². The molecule has 0 unspecified atom stereocenters. The summed E-state index contributed by atoms with van der Waals surface area (Å²) in [5.74, 6) is 1.18. The Morgan fingerprint density at radius 2 is 2.17 bits per heavy atom. The standard InChI is InChI=1S/C21H22FN5O3/c1-25-12-16(10-23-25)30-18-6-5-14(8-17(18)22)13-29-19-9-20-26-7-3-2-4-15(26)11-27(20)21(28)24-19/h5-6,8-10,12,15H,2-4,7,11,13H2,1H3/t15-/m0/s1. The minimum Gasteiger partial charge on any atom is -0.473 e. The molecule has 1 aromatic carbocycles. The van der Waals surface area contributed by atoms with Gasteiger partial charge < -0.3 is 14.4 Å². The number of aryl methyl sites for hydroxylation is 1. The number of benzene rings is 1. The number of aromatic nitrogens is 4. The van der Waals surface area contributed by atoms with Crippen molar-refractivity contribution in [3.8, 4) is 17.4 Å². The second kappa shape index (κ2) is 7.47. The third-order valence-electron chi connectivity index (χ3n) is 5.57. The number of nitrogens with zero attached hydrogens (tertiary/aromatic N) is 5. The zero-order valence-corrected chi connectivity index (χ0v) is 16.6. The minimum absolute atomic E-state index is 0.101. The van der Waals surface area contributed by atoms with Gasteiger partial charge in [0.15, 0.2) is 17.3 Å². The Labute approximate surface area is 172 Å². The van der Waals surface area contributed by atoms with Gasteiger partial charge >= 0.3 is 5.69 Å². The summed E-state index contributed by atoms with van der Waals surface area (Å²) < 4.78 is 28.9. The molecule has 0 saturated carbocycles. The third kappa shape index (κ3) is 3.51. The molecule has 0 amide bonds. The number of ether oxygens (including phenoxy) is 2. The van der Waals surface area contributed by atoms with Gasteiger partial charge in [0, 0.05) is 32.2 Å². The molecule has 0 spiro atoms. The third-order valence-corrected chi connectivity index (χ3v) is 5.57. The number of halogens is 1. The molecule has 1 saturated heterocycles. The number of fused-ring (bicyclic) bond motifs is 3. The highest BCUT2D eigenvalue weighted by Crippen LogP contribution is 2.32. The van der Waals surface area contributed by atoms with Crippen molar-refractivity contribution in [2.75, 3.05) is 11.4 Å².